The van der Waals surface area contributed by atoms with Crippen LogP contribution in [0.5, 0.6) is 0 Å². The number of hydrogen-bond acceptors (Lipinski definition) is 6. The Morgan fingerprint density at radius 2 is 2.24 bits per heavy atom. The normalized spacial score (nSPS) is 11.5. The number of nitriles is 1. The summed E-state index contributed by atoms with van der Waals surface area (Å²) in [5.41, 5.74) is 8.25. The van der Waals surface area contributed by atoms with Crippen molar-refractivity contribution in [3.63, 3.8) is 0 Å². The third-order valence-electron chi connectivity index (χ3n) is 2.80. The number of esters is 1. The van der Waals surface area contributed by atoms with Crippen molar-refractivity contribution in [1.29, 1.82) is 5.26 Å². The second-order valence-corrected chi connectivity index (χ2v) is 5.14. The number of allylic oxidation sites excluding steroid dienone is 2. The maximum absolute atomic E-state index is 11.5. The molecule has 0 saturated heterocycles. The molecule has 0 aliphatic heterocycles. The Hall–Kier alpha value is -2.65. The van der Waals surface area contributed by atoms with Crippen molar-refractivity contribution < 1.29 is 9.53 Å². The van der Waals surface area contributed by atoms with E-state index in [1.165, 1.54) is 18.4 Å². The van der Waals surface area contributed by atoms with Gasteiger partial charge in [0.25, 0.3) is 0 Å². The second-order valence-electron chi connectivity index (χ2n) is 4.28. The van der Waals surface area contributed by atoms with Crippen molar-refractivity contribution in [3.8, 4) is 16.6 Å². The van der Waals surface area contributed by atoms with E-state index in [0.717, 1.165) is 5.56 Å². The summed E-state index contributed by atoms with van der Waals surface area (Å²) in [5, 5.41) is 11.6. The largest absolute Gasteiger partial charge is 0.465 e. The van der Waals surface area contributed by atoms with Crippen molar-refractivity contribution in [1.82, 2.24) is 4.98 Å². The molecule has 0 spiro atoms. The van der Waals surface area contributed by atoms with Crippen LogP contribution in [0.2, 0.25) is 0 Å². The number of carbonyl (C=O) groups excluding carboxylic acids is 1. The quantitative estimate of drug-likeness (QED) is 0.695. The van der Waals surface area contributed by atoms with Crippen LogP contribution in [0.4, 0.5) is 0 Å². The lowest BCUT2D eigenvalue weighted by Crippen LogP contribution is -2.00. The molecule has 2 aromatic rings. The standard InChI is InChI=1S/C15H13N3O2S/c1-9(17)12(7-16)13-8-21-14(18-13)10-4-3-5-11(6-10)15(19)20-2/h3-6,8H,17H2,1-2H3/b12-9-. The predicted molar refractivity (Wildman–Crippen MR) is 81.3 cm³/mol. The number of hydrogen-bond donors (Lipinski definition) is 1. The Bertz CT molecular complexity index is 752. The van der Waals surface area contributed by atoms with Crippen molar-refractivity contribution in [2.75, 3.05) is 7.11 Å². The van der Waals surface area contributed by atoms with Gasteiger partial charge in [0.2, 0.25) is 0 Å². The molecule has 0 saturated carbocycles. The van der Waals surface area contributed by atoms with Gasteiger partial charge >= 0.3 is 5.97 Å². The van der Waals surface area contributed by atoms with Crippen LogP contribution in [0.15, 0.2) is 35.3 Å². The van der Waals surface area contributed by atoms with Crippen LogP contribution in [0, 0.1) is 11.3 Å². The number of benzene rings is 1. The summed E-state index contributed by atoms with van der Waals surface area (Å²) >= 11 is 1.39. The van der Waals surface area contributed by atoms with Crippen LogP contribution in [0.3, 0.4) is 0 Å². The second kappa shape index (κ2) is 6.20. The van der Waals surface area contributed by atoms with Gasteiger partial charge in [0.1, 0.15) is 11.1 Å². The van der Waals surface area contributed by atoms with Gasteiger partial charge in [-0.1, -0.05) is 12.1 Å². The van der Waals surface area contributed by atoms with E-state index in [1.807, 2.05) is 12.1 Å². The summed E-state index contributed by atoms with van der Waals surface area (Å²) in [4.78, 5) is 15.9. The van der Waals surface area contributed by atoms with Crippen LogP contribution >= 0.6 is 11.3 Å². The number of nitrogens with zero attached hydrogens (tertiary/aromatic N) is 2. The van der Waals surface area contributed by atoms with Gasteiger partial charge in [-0.05, 0) is 19.1 Å². The number of thiazole rings is 1. The summed E-state index contributed by atoms with van der Waals surface area (Å²) in [6, 6.07) is 9.04. The van der Waals surface area contributed by atoms with Gasteiger partial charge in [-0.15, -0.1) is 11.3 Å². The maximum Gasteiger partial charge on any atom is 0.337 e. The zero-order chi connectivity index (χ0) is 15.4. The molecule has 0 radical (unpaired) electrons. The number of aromatic nitrogens is 1. The van der Waals surface area contributed by atoms with Gasteiger partial charge in [0.15, 0.2) is 0 Å². The predicted octanol–water partition coefficient (Wildman–Crippen LogP) is 2.81. The Morgan fingerprint density at radius 3 is 2.86 bits per heavy atom. The lowest BCUT2D eigenvalue weighted by atomic mass is 10.1. The van der Waals surface area contributed by atoms with Crippen molar-refractivity contribution in [2.24, 2.45) is 5.73 Å². The molecular weight excluding hydrogens is 286 g/mol. The fourth-order valence-corrected chi connectivity index (χ4v) is 2.57. The Morgan fingerprint density at radius 1 is 1.48 bits per heavy atom. The fourth-order valence-electron chi connectivity index (χ4n) is 1.77. The summed E-state index contributed by atoms with van der Waals surface area (Å²) in [7, 11) is 1.34. The van der Waals surface area contributed by atoms with Gasteiger partial charge in [-0.3, -0.25) is 0 Å². The van der Waals surface area contributed by atoms with Gasteiger partial charge in [0.05, 0.1) is 23.9 Å². The number of carbonyl (C=O) groups is 1. The highest BCUT2D eigenvalue weighted by molar-refractivity contribution is 7.13. The monoisotopic (exact) mass is 299 g/mol. The van der Waals surface area contributed by atoms with Crippen molar-refractivity contribution in [2.45, 2.75) is 6.92 Å². The summed E-state index contributed by atoms with van der Waals surface area (Å²) in [6.07, 6.45) is 0. The lowest BCUT2D eigenvalue weighted by Gasteiger charge is -2.01. The molecule has 21 heavy (non-hydrogen) atoms. The molecule has 5 nitrogen and oxygen atoms in total. The number of rotatable bonds is 3. The van der Waals surface area contributed by atoms with Crippen molar-refractivity contribution >= 4 is 22.9 Å². The highest BCUT2D eigenvalue weighted by Crippen LogP contribution is 2.27. The van der Waals surface area contributed by atoms with E-state index in [4.69, 9.17) is 15.7 Å². The molecule has 0 bridgehead atoms. The molecule has 1 aromatic heterocycles. The van der Waals surface area contributed by atoms with E-state index in [1.54, 1.807) is 30.5 Å². The minimum absolute atomic E-state index is 0.363. The van der Waals surface area contributed by atoms with E-state index in [9.17, 15) is 4.79 Å². The summed E-state index contributed by atoms with van der Waals surface area (Å²) < 4.78 is 4.70. The van der Waals surface area contributed by atoms with E-state index in [2.05, 4.69) is 4.98 Å². The van der Waals surface area contributed by atoms with Crippen LogP contribution in [-0.2, 0) is 4.74 Å². The third kappa shape index (κ3) is 3.09. The average Bonchev–Trinajstić information content (AvgIpc) is 2.96. The van der Waals surface area contributed by atoms with E-state index in [-0.39, 0.29) is 0 Å². The smallest absolute Gasteiger partial charge is 0.337 e. The zero-order valence-corrected chi connectivity index (χ0v) is 12.4. The molecule has 0 amide bonds. The summed E-state index contributed by atoms with van der Waals surface area (Å²) in [5.74, 6) is -0.399. The highest BCUT2D eigenvalue weighted by Gasteiger charge is 2.12. The average molecular weight is 299 g/mol. The molecule has 0 fully saturated rings. The molecule has 0 unspecified atom stereocenters. The topological polar surface area (TPSA) is 89.0 Å². The van der Waals surface area contributed by atoms with Crippen LogP contribution in [0.25, 0.3) is 16.1 Å². The highest BCUT2D eigenvalue weighted by atomic mass is 32.1. The first-order chi connectivity index (χ1) is 10.1. The Labute approximate surface area is 126 Å². The molecule has 1 aromatic carbocycles. The molecule has 2 N–H and O–H groups in total. The number of nitrogens with two attached hydrogens (primary N) is 1. The minimum atomic E-state index is -0.399. The first-order valence-electron chi connectivity index (χ1n) is 6.08. The zero-order valence-electron chi connectivity index (χ0n) is 11.6. The lowest BCUT2D eigenvalue weighted by molar-refractivity contribution is 0.0601. The van der Waals surface area contributed by atoms with Gasteiger partial charge < -0.3 is 10.5 Å². The Kier molecular flexibility index (Phi) is 4.36. The fraction of sp³-hybridized carbons (Fsp3) is 0.133. The van der Waals surface area contributed by atoms with E-state index in [0.29, 0.717) is 27.5 Å². The number of methoxy groups -OCH3 is 1. The molecule has 6 heteroatoms. The molecule has 106 valence electrons. The molecule has 1 heterocycles. The van der Waals surface area contributed by atoms with Crippen molar-refractivity contribution in [3.05, 3.63) is 46.6 Å². The number of ether oxygens (including phenoxy) is 1. The van der Waals surface area contributed by atoms with E-state index >= 15 is 0 Å². The van der Waals surface area contributed by atoms with Crippen LogP contribution < -0.4 is 5.73 Å². The maximum atomic E-state index is 11.5. The molecule has 0 atom stereocenters. The van der Waals surface area contributed by atoms with Crippen LogP contribution in [-0.4, -0.2) is 18.1 Å². The van der Waals surface area contributed by atoms with E-state index < -0.39 is 5.97 Å². The van der Waals surface area contributed by atoms with Gasteiger partial charge in [-0.25, -0.2) is 9.78 Å². The summed E-state index contributed by atoms with van der Waals surface area (Å²) in [6.45, 7) is 1.66. The molecule has 2 rings (SSSR count). The third-order valence-corrected chi connectivity index (χ3v) is 3.69. The first kappa shape index (κ1) is 14.8. The Balaban J connectivity index is 2.41. The van der Waals surface area contributed by atoms with Crippen LogP contribution in [0.1, 0.15) is 23.0 Å². The molecular formula is C15H13N3O2S. The molecule has 0 aliphatic carbocycles. The molecule has 0 aliphatic rings. The first-order valence-corrected chi connectivity index (χ1v) is 6.96. The minimum Gasteiger partial charge on any atom is -0.465 e. The van der Waals surface area contributed by atoms with Gasteiger partial charge in [0, 0.05) is 16.6 Å². The van der Waals surface area contributed by atoms with Gasteiger partial charge in [-0.2, -0.15) is 5.26 Å². The SMILES string of the molecule is COC(=O)c1cccc(-c2nc(/C(C#N)=C(/C)N)cs2)c1.